The largest absolute Gasteiger partial charge is 0.462 e. The maximum Gasteiger partial charge on any atom is 0.309 e. The number of rotatable bonds is 28. The van der Waals surface area contributed by atoms with Crippen molar-refractivity contribution in [2.45, 2.75) is 199 Å². The Hall–Kier alpha value is -3.67. The van der Waals surface area contributed by atoms with Crippen LogP contribution in [-0.2, 0) is 90.4 Å². The predicted molar refractivity (Wildman–Crippen MR) is 230 cm³/mol. The van der Waals surface area contributed by atoms with Crippen molar-refractivity contribution in [3.8, 4) is 0 Å². The lowest BCUT2D eigenvalue weighted by atomic mass is 9.82. The van der Waals surface area contributed by atoms with Gasteiger partial charge in [0.25, 0.3) is 0 Å². The maximum absolute atomic E-state index is 13.5. The van der Waals surface area contributed by atoms with Crippen molar-refractivity contribution in [2.24, 2.45) is 11.8 Å². The molecule has 1 N–H and O–H groups in total. The fourth-order valence-corrected chi connectivity index (χ4v) is 8.41. The molecule has 0 aromatic heterocycles. The van der Waals surface area contributed by atoms with Crippen LogP contribution in [0.4, 0.5) is 0 Å². The molecule has 10 unspecified atom stereocenters. The second kappa shape index (κ2) is 28.0. The Kier molecular flexibility index (Phi) is 24.8. The van der Waals surface area contributed by atoms with Crippen LogP contribution >= 0.6 is 0 Å². The first-order chi connectivity index (χ1) is 31.0. The van der Waals surface area contributed by atoms with Crippen LogP contribution in [0.25, 0.3) is 0 Å². The molecule has 2 aliphatic rings. The minimum atomic E-state index is -1.56. The molecule has 0 spiro atoms. The molecule has 21 heteroatoms. The van der Waals surface area contributed by atoms with Gasteiger partial charge in [0.2, 0.25) is 0 Å². The lowest BCUT2D eigenvalue weighted by molar-refractivity contribution is -0.345. The Bertz CT molecular complexity index is 1560. The second-order valence-corrected chi connectivity index (χ2v) is 17.3. The van der Waals surface area contributed by atoms with Crippen LogP contribution < -0.4 is 0 Å². The summed E-state index contributed by atoms with van der Waals surface area (Å²) >= 11 is 0. The fraction of sp³-hybridized carbons (Fsp3) is 0.844. The highest BCUT2D eigenvalue weighted by atomic mass is 16.7. The van der Waals surface area contributed by atoms with Crippen molar-refractivity contribution >= 4 is 42.4 Å². The first-order valence-corrected chi connectivity index (χ1v) is 22.4. The van der Waals surface area contributed by atoms with Gasteiger partial charge in [0.05, 0.1) is 30.8 Å². The molecule has 66 heavy (non-hydrogen) atoms. The molecule has 0 aromatic rings. The number of likely N-dealkylation sites (N-methyl/N-ethyl adjacent to an activating group) is 1. The maximum atomic E-state index is 13.5. The quantitative estimate of drug-likeness (QED) is 0.0512. The number of hydrogen-bond acceptors (Lipinski definition) is 21. The van der Waals surface area contributed by atoms with E-state index in [0.717, 1.165) is 0 Å². The summed E-state index contributed by atoms with van der Waals surface area (Å²) in [6, 6.07) is -0.849. The summed E-state index contributed by atoms with van der Waals surface area (Å²) in [4.78, 5) is 89.2. The van der Waals surface area contributed by atoms with Crippen LogP contribution in [0, 0.1) is 11.8 Å². The summed E-state index contributed by atoms with van der Waals surface area (Å²) in [7, 11) is 7.57. The third-order valence-electron chi connectivity index (χ3n) is 11.6. The van der Waals surface area contributed by atoms with Crippen LogP contribution in [0.3, 0.4) is 0 Å². The molecule has 0 aliphatic carbocycles. The zero-order valence-electron chi connectivity index (χ0n) is 41.0. The Morgan fingerprint density at radius 2 is 1.44 bits per heavy atom. The van der Waals surface area contributed by atoms with E-state index in [0.29, 0.717) is 12.6 Å². The van der Waals surface area contributed by atoms with Gasteiger partial charge in [-0.15, -0.1) is 0 Å². The third kappa shape index (κ3) is 17.4. The highest BCUT2D eigenvalue weighted by Crippen LogP contribution is 2.39. The average Bonchev–Trinajstić information content (AvgIpc) is 3.23. The molecule has 0 bridgehead atoms. The SMILES string of the molecule is CCC(=O)OC1C(C)OC(OC2C(C)OC(O[C@H](C(OC)[C@@H](CC(=O)O[C@H](C)CC=O)OC(=O)CC)[C@@H](CC(OC)OC)C[C@@H](C)[C@H](C=O)OC(C)=O)C(OC(C)=O)C2N(C)C)CC1(C)O. The number of aliphatic hydroxyl groups is 1. The molecule has 16 atom stereocenters. The Morgan fingerprint density at radius 1 is 0.803 bits per heavy atom. The van der Waals surface area contributed by atoms with Gasteiger partial charge in [0, 0.05) is 73.2 Å². The summed E-state index contributed by atoms with van der Waals surface area (Å²) in [5.41, 5.74) is -1.56. The van der Waals surface area contributed by atoms with Crippen molar-refractivity contribution < 1.29 is 95.5 Å². The Balaban J connectivity index is 2.83. The first-order valence-electron chi connectivity index (χ1n) is 22.4. The lowest BCUT2D eigenvalue weighted by Crippen LogP contribution is -2.66. The van der Waals surface area contributed by atoms with Gasteiger partial charge >= 0.3 is 29.8 Å². The van der Waals surface area contributed by atoms with Crippen molar-refractivity contribution in [3.63, 3.8) is 0 Å². The zero-order chi connectivity index (χ0) is 50.1. The number of hydrogen-bond donors (Lipinski definition) is 1. The monoisotopic (exact) mass is 949 g/mol. The van der Waals surface area contributed by atoms with Gasteiger partial charge in [-0.25, -0.2) is 0 Å². The number of ether oxygens (including phenoxy) is 12. The van der Waals surface area contributed by atoms with Gasteiger partial charge in [0.1, 0.15) is 36.3 Å². The van der Waals surface area contributed by atoms with Gasteiger partial charge < -0.3 is 71.6 Å². The molecular weight excluding hydrogens is 874 g/mol. The minimum absolute atomic E-state index is 0.0117. The molecule has 2 aliphatic heterocycles. The first kappa shape index (κ1) is 58.5. The number of nitrogens with zero attached hydrogens (tertiary/aromatic N) is 1. The molecule has 21 nitrogen and oxygen atoms in total. The lowest BCUT2D eigenvalue weighted by Gasteiger charge is -2.51. The van der Waals surface area contributed by atoms with Gasteiger partial charge in [-0.2, -0.15) is 0 Å². The van der Waals surface area contributed by atoms with Gasteiger partial charge in [0.15, 0.2) is 43.5 Å². The van der Waals surface area contributed by atoms with E-state index in [4.69, 9.17) is 56.8 Å². The van der Waals surface area contributed by atoms with E-state index >= 15 is 0 Å². The number of carbonyl (C=O) groups excluding carboxylic acids is 7. The highest BCUT2D eigenvalue weighted by molar-refractivity contribution is 5.73. The van der Waals surface area contributed by atoms with Crippen LogP contribution in [0.2, 0.25) is 0 Å². The molecule has 2 heterocycles. The fourth-order valence-electron chi connectivity index (χ4n) is 8.41. The van der Waals surface area contributed by atoms with Gasteiger partial charge in [-0.05, 0) is 54.1 Å². The van der Waals surface area contributed by atoms with E-state index < -0.39 is 140 Å². The van der Waals surface area contributed by atoms with Crippen molar-refractivity contribution in [1.29, 1.82) is 0 Å². The van der Waals surface area contributed by atoms with Gasteiger partial charge in [-0.3, -0.25) is 28.8 Å². The number of esters is 5. The molecule has 0 radical (unpaired) electrons. The van der Waals surface area contributed by atoms with E-state index in [1.165, 1.54) is 49.0 Å². The van der Waals surface area contributed by atoms with Crippen molar-refractivity contribution in [2.75, 3.05) is 35.4 Å². The molecular formula is C45H75NO20. The topological polar surface area (TPSA) is 254 Å². The van der Waals surface area contributed by atoms with Crippen LogP contribution in [0.5, 0.6) is 0 Å². The van der Waals surface area contributed by atoms with Crippen LogP contribution in [-0.4, -0.2) is 179 Å². The molecule has 380 valence electrons. The molecule has 0 saturated carbocycles. The normalized spacial score (nSPS) is 28.7. The smallest absolute Gasteiger partial charge is 0.309 e. The van der Waals surface area contributed by atoms with Gasteiger partial charge in [-0.1, -0.05) is 20.8 Å². The third-order valence-corrected chi connectivity index (χ3v) is 11.6. The summed E-state index contributed by atoms with van der Waals surface area (Å²) in [5, 5.41) is 11.5. The van der Waals surface area contributed by atoms with E-state index in [-0.39, 0.29) is 38.5 Å². The van der Waals surface area contributed by atoms with Crippen LogP contribution in [0.1, 0.15) is 107 Å². The summed E-state index contributed by atoms with van der Waals surface area (Å²) in [5.74, 6) is -4.98. The number of carbonyl (C=O) groups is 7. The van der Waals surface area contributed by atoms with E-state index in [2.05, 4.69) is 0 Å². The molecule has 2 saturated heterocycles. The standard InChI is InChI=1S/C45H75NO20/c1-15-33(51)63-31(21-35(53)58-25(4)17-18-47)41(57-14)40(30(20-36(55-12)56-13)19-24(3)32(23-48)61-28(7)49)66-44-42(62-29(8)50)38(46(10)11)39(26(5)60-44)65-37-22-45(9,54)43(27(6)59-37)64-34(52)16-2/h18,23-27,30-32,36-44,54H,15-17,19-22H2,1-14H3/t24-,25-,26?,27?,30-,31-,32+,37?,38?,39?,40+,41?,42?,43?,44?,45?/m1/s1. The zero-order valence-corrected chi connectivity index (χ0v) is 41.0. The number of methoxy groups -OCH3 is 3. The Labute approximate surface area is 388 Å². The minimum Gasteiger partial charge on any atom is -0.462 e. The predicted octanol–water partition coefficient (Wildman–Crippen LogP) is 2.60. The molecule has 2 rings (SSSR count). The van der Waals surface area contributed by atoms with E-state index in [1.807, 2.05) is 0 Å². The summed E-state index contributed by atoms with van der Waals surface area (Å²) in [6.07, 6.45) is -14.0. The molecule has 0 aromatic carbocycles. The highest BCUT2D eigenvalue weighted by Gasteiger charge is 2.54. The Morgan fingerprint density at radius 3 is 1.94 bits per heavy atom. The van der Waals surface area contributed by atoms with Crippen molar-refractivity contribution in [1.82, 2.24) is 4.90 Å². The summed E-state index contributed by atoms with van der Waals surface area (Å²) < 4.78 is 71.9. The van der Waals surface area contributed by atoms with E-state index in [9.17, 15) is 38.7 Å². The molecule has 0 amide bonds. The number of aldehydes is 2. The summed E-state index contributed by atoms with van der Waals surface area (Å²) in [6.45, 7) is 13.6. The van der Waals surface area contributed by atoms with Crippen molar-refractivity contribution in [3.05, 3.63) is 0 Å². The average molecular weight is 950 g/mol. The second-order valence-electron chi connectivity index (χ2n) is 17.3. The molecule has 2 fully saturated rings. The van der Waals surface area contributed by atoms with Crippen LogP contribution in [0.15, 0.2) is 0 Å². The van der Waals surface area contributed by atoms with E-state index in [1.54, 1.807) is 53.6 Å².